The Morgan fingerprint density at radius 1 is 0.825 bits per heavy atom. The lowest BCUT2D eigenvalue weighted by molar-refractivity contribution is 0.188. The summed E-state index contributed by atoms with van der Waals surface area (Å²) in [6.07, 6.45) is 8.63. The third kappa shape index (κ3) is 6.72. The third-order valence-electron chi connectivity index (χ3n) is 8.09. The zero-order valence-corrected chi connectivity index (χ0v) is 23.9. The molecule has 3 N–H and O–H groups in total. The number of benzene rings is 2. The molecule has 0 unspecified atom stereocenters. The molecule has 7 nitrogen and oxygen atoms in total. The van der Waals surface area contributed by atoms with E-state index >= 15 is 0 Å². The number of hydrogen-bond acceptors (Lipinski definition) is 6. The van der Waals surface area contributed by atoms with Crippen LogP contribution in [0.15, 0.2) is 60.7 Å². The first kappa shape index (κ1) is 28.3. The van der Waals surface area contributed by atoms with Crippen molar-refractivity contribution in [3.05, 3.63) is 71.9 Å². The van der Waals surface area contributed by atoms with Crippen molar-refractivity contribution >= 4 is 11.5 Å². The molecule has 212 valence electrons. The van der Waals surface area contributed by atoms with Gasteiger partial charge in [-0.3, -0.25) is 4.90 Å². The summed E-state index contributed by atoms with van der Waals surface area (Å²) in [5.41, 5.74) is 13.2. The summed E-state index contributed by atoms with van der Waals surface area (Å²) in [7, 11) is 0. The maximum absolute atomic E-state index is 9.37. The van der Waals surface area contributed by atoms with Crippen LogP contribution in [0.4, 0.5) is 5.82 Å². The molecule has 4 aromatic rings. The van der Waals surface area contributed by atoms with Gasteiger partial charge >= 0.3 is 0 Å². The summed E-state index contributed by atoms with van der Waals surface area (Å²) in [6.45, 7) is 7.46. The van der Waals surface area contributed by atoms with Crippen LogP contribution in [-0.2, 0) is 6.42 Å². The van der Waals surface area contributed by atoms with Crippen LogP contribution < -0.4 is 10.6 Å². The van der Waals surface area contributed by atoms with E-state index in [0.29, 0.717) is 0 Å². The number of anilines is 1. The van der Waals surface area contributed by atoms with Crippen LogP contribution in [0.2, 0.25) is 0 Å². The normalized spacial score (nSPS) is 14.3. The zero-order chi connectivity index (χ0) is 27.7. The minimum absolute atomic E-state index is 0.202. The predicted octanol–water partition coefficient (Wildman–Crippen LogP) is 5.33. The highest BCUT2D eigenvalue weighted by atomic mass is 16.3. The Hall–Kier alpha value is -3.26. The monoisotopic (exact) mass is 540 g/mol. The molecule has 1 saturated heterocycles. The maximum Gasteiger partial charge on any atom is 0.166 e. The predicted molar refractivity (Wildman–Crippen MR) is 165 cm³/mol. The molecule has 0 spiro atoms. The number of fused-ring (bicyclic) bond motifs is 1. The summed E-state index contributed by atoms with van der Waals surface area (Å²) >= 11 is 0. The molecule has 1 fully saturated rings. The second kappa shape index (κ2) is 13.9. The van der Waals surface area contributed by atoms with Crippen molar-refractivity contribution in [2.24, 2.45) is 5.73 Å². The SMILES string of the molecule is Cc1nn2c(N3CCN(CCO)CC3)cc(-c3ccccc3)nc2c1-c1ccc(CCCCCCCCN)cc1. The molecular weight excluding hydrogens is 496 g/mol. The zero-order valence-electron chi connectivity index (χ0n) is 23.9. The maximum atomic E-state index is 9.37. The van der Waals surface area contributed by atoms with Crippen molar-refractivity contribution in [2.45, 2.75) is 51.9 Å². The van der Waals surface area contributed by atoms with Gasteiger partial charge < -0.3 is 15.7 Å². The van der Waals surface area contributed by atoms with Crippen molar-refractivity contribution in [3.63, 3.8) is 0 Å². The van der Waals surface area contributed by atoms with Gasteiger partial charge in [0.1, 0.15) is 5.82 Å². The van der Waals surface area contributed by atoms with E-state index in [1.165, 1.54) is 37.7 Å². The van der Waals surface area contributed by atoms with Crippen molar-refractivity contribution < 1.29 is 5.11 Å². The molecule has 2 aromatic heterocycles. The van der Waals surface area contributed by atoms with Crippen LogP contribution in [0.1, 0.15) is 49.8 Å². The smallest absolute Gasteiger partial charge is 0.166 e. The Balaban J connectivity index is 1.41. The van der Waals surface area contributed by atoms with Crippen LogP contribution >= 0.6 is 0 Å². The van der Waals surface area contributed by atoms with Gasteiger partial charge in [-0.15, -0.1) is 0 Å². The second-order valence-corrected chi connectivity index (χ2v) is 11.0. The Morgan fingerprint density at radius 3 is 2.23 bits per heavy atom. The number of rotatable bonds is 13. The van der Waals surface area contributed by atoms with E-state index in [2.05, 4.69) is 71.3 Å². The molecule has 1 aliphatic heterocycles. The molecule has 1 aliphatic rings. The minimum atomic E-state index is 0.202. The van der Waals surface area contributed by atoms with Gasteiger partial charge in [0.2, 0.25) is 0 Å². The molecule has 7 heteroatoms. The summed E-state index contributed by atoms with van der Waals surface area (Å²) in [5.74, 6) is 1.07. The van der Waals surface area contributed by atoms with Gasteiger partial charge in [-0.1, -0.05) is 80.3 Å². The van der Waals surface area contributed by atoms with Gasteiger partial charge in [-0.05, 0) is 43.9 Å². The molecule has 0 bridgehead atoms. The number of unbranched alkanes of at least 4 members (excludes halogenated alkanes) is 5. The number of nitrogens with zero attached hydrogens (tertiary/aromatic N) is 5. The fraction of sp³-hybridized carbons (Fsp3) is 0.455. The quantitative estimate of drug-likeness (QED) is 0.223. The van der Waals surface area contributed by atoms with Crippen molar-refractivity contribution in [2.75, 3.05) is 50.8 Å². The van der Waals surface area contributed by atoms with Gasteiger partial charge in [0, 0.05) is 49.9 Å². The number of aryl methyl sites for hydroxylation is 2. The van der Waals surface area contributed by atoms with Crippen molar-refractivity contribution in [3.8, 4) is 22.4 Å². The molecule has 0 saturated carbocycles. The minimum Gasteiger partial charge on any atom is -0.395 e. The fourth-order valence-electron chi connectivity index (χ4n) is 5.79. The van der Waals surface area contributed by atoms with E-state index in [0.717, 1.165) is 91.7 Å². The number of aliphatic hydroxyl groups is 1. The lowest BCUT2D eigenvalue weighted by Crippen LogP contribution is -2.47. The number of nitrogens with two attached hydrogens (primary N) is 1. The summed E-state index contributed by atoms with van der Waals surface area (Å²) in [5, 5.41) is 14.4. The standard InChI is InChI=1S/C33H44N6O/c1-26-32(29-16-14-27(15-17-29)11-7-4-2-3-5-10-18-34)33-35-30(28-12-8-6-9-13-28)25-31(39(33)36-26)38-21-19-37(20-22-38)23-24-40/h6,8-9,12-17,25,40H,2-5,7,10-11,18-24,34H2,1H3. The van der Waals surface area contributed by atoms with Crippen LogP contribution in [0.5, 0.6) is 0 Å². The Kier molecular flexibility index (Phi) is 9.81. The van der Waals surface area contributed by atoms with Gasteiger partial charge in [-0.2, -0.15) is 9.61 Å². The molecule has 40 heavy (non-hydrogen) atoms. The summed E-state index contributed by atoms with van der Waals surface area (Å²) in [4.78, 5) is 9.90. The Bertz CT molecular complexity index is 1340. The third-order valence-corrected chi connectivity index (χ3v) is 8.09. The number of β-amino-alcohol motifs (C(OH)–C–C–N with tert-alkyl or cyclic N) is 1. The van der Waals surface area contributed by atoms with Gasteiger partial charge in [0.15, 0.2) is 5.65 Å². The van der Waals surface area contributed by atoms with Gasteiger partial charge in [0.25, 0.3) is 0 Å². The van der Waals surface area contributed by atoms with E-state index in [4.69, 9.17) is 15.8 Å². The fourth-order valence-corrected chi connectivity index (χ4v) is 5.79. The summed E-state index contributed by atoms with van der Waals surface area (Å²) in [6, 6.07) is 21.6. The number of piperazine rings is 1. The van der Waals surface area contributed by atoms with E-state index < -0.39 is 0 Å². The lowest BCUT2D eigenvalue weighted by Gasteiger charge is -2.35. The number of hydrogen-bond donors (Lipinski definition) is 2. The highest BCUT2D eigenvalue weighted by Crippen LogP contribution is 2.33. The molecule has 3 heterocycles. The van der Waals surface area contributed by atoms with Crippen LogP contribution in [0, 0.1) is 6.92 Å². The van der Waals surface area contributed by atoms with Crippen molar-refractivity contribution in [1.29, 1.82) is 0 Å². The molecule has 0 atom stereocenters. The van der Waals surface area contributed by atoms with Crippen molar-refractivity contribution in [1.82, 2.24) is 19.5 Å². The first-order valence-electron chi connectivity index (χ1n) is 15.0. The van der Waals surface area contributed by atoms with Crippen LogP contribution in [-0.4, -0.2) is 70.5 Å². The highest BCUT2D eigenvalue weighted by molar-refractivity contribution is 5.83. The van der Waals surface area contributed by atoms with E-state index in [1.54, 1.807) is 0 Å². The van der Waals surface area contributed by atoms with Crippen LogP contribution in [0.25, 0.3) is 28.0 Å². The van der Waals surface area contributed by atoms with Gasteiger partial charge in [0.05, 0.1) is 18.0 Å². The average molecular weight is 541 g/mol. The number of aromatic nitrogens is 3. The molecule has 0 radical (unpaired) electrons. The van der Waals surface area contributed by atoms with E-state index in [-0.39, 0.29) is 6.61 Å². The molecule has 0 amide bonds. The molecule has 5 rings (SSSR count). The molecular formula is C33H44N6O. The topological polar surface area (TPSA) is 82.9 Å². The lowest BCUT2D eigenvalue weighted by atomic mass is 10.0. The number of aliphatic hydroxyl groups excluding tert-OH is 1. The molecule has 2 aromatic carbocycles. The van der Waals surface area contributed by atoms with Gasteiger partial charge in [-0.25, -0.2) is 4.98 Å². The Morgan fingerprint density at radius 2 is 1.52 bits per heavy atom. The van der Waals surface area contributed by atoms with E-state index in [9.17, 15) is 5.11 Å². The first-order valence-corrected chi connectivity index (χ1v) is 15.0. The highest BCUT2D eigenvalue weighted by Gasteiger charge is 2.23. The second-order valence-electron chi connectivity index (χ2n) is 11.0. The van der Waals surface area contributed by atoms with E-state index in [1.807, 2.05) is 10.6 Å². The molecule has 0 aliphatic carbocycles. The summed E-state index contributed by atoms with van der Waals surface area (Å²) < 4.78 is 2.04. The first-order chi connectivity index (χ1) is 19.7. The van der Waals surface area contributed by atoms with Crippen LogP contribution in [0.3, 0.4) is 0 Å². The average Bonchev–Trinajstić information content (AvgIpc) is 3.33. The largest absolute Gasteiger partial charge is 0.395 e. The Labute approximate surface area is 238 Å².